The fourth-order valence-corrected chi connectivity index (χ4v) is 5.76. The van der Waals surface area contributed by atoms with Gasteiger partial charge in [-0.05, 0) is 19.9 Å². The summed E-state index contributed by atoms with van der Waals surface area (Å²) >= 11 is 0. The summed E-state index contributed by atoms with van der Waals surface area (Å²) in [6, 6.07) is 1.69. The van der Waals surface area contributed by atoms with Gasteiger partial charge in [-0.2, -0.15) is 13.5 Å². The van der Waals surface area contributed by atoms with E-state index in [1.807, 2.05) is 18.7 Å². The van der Waals surface area contributed by atoms with E-state index in [2.05, 4.69) is 25.2 Å². The second-order valence-corrected chi connectivity index (χ2v) is 10.7. The highest BCUT2D eigenvalue weighted by molar-refractivity contribution is 7.89. The highest BCUT2D eigenvalue weighted by atomic mass is 32.2. The Hall–Kier alpha value is -2.75. The van der Waals surface area contributed by atoms with Gasteiger partial charge < -0.3 is 19.4 Å². The monoisotopic (exact) mass is 515 g/mol. The first-order valence-corrected chi connectivity index (χ1v) is 12.4. The van der Waals surface area contributed by atoms with Crippen LogP contribution >= 0.6 is 0 Å². The van der Waals surface area contributed by atoms with E-state index in [1.54, 1.807) is 0 Å². The van der Waals surface area contributed by atoms with E-state index in [9.17, 15) is 21.6 Å². The van der Waals surface area contributed by atoms with Gasteiger partial charge in [0.15, 0.2) is 5.65 Å². The maximum atomic E-state index is 13.6. The van der Waals surface area contributed by atoms with E-state index >= 15 is 0 Å². The molecule has 0 spiro atoms. The Balaban J connectivity index is 1.65. The lowest BCUT2D eigenvalue weighted by Gasteiger charge is -2.39. The number of hydrogen-bond donors (Lipinski definition) is 2. The zero-order chi connectivity index (χ0) is 25.0. The largest absolute Gasteiger partial charge is 0.414 e. The average Bonchev–Trinajstić information content (AvgIpc) is 3.42. The van der Waals surface area contributed by atoms with E-state index in [1.165, 1.54) is 22.9 Å². The summed E-state index contributed by atoms with van der Waals surface area (Å²) in [4.78, 5) is 6.24. The van der Waals surface area contributed by atoms with Crippen LogP contribution in [0.1, 0.15) is 26.2 Å². The van der Waals surface area contributed by atoms with Crippen LogP contribution < -0.4 is 14.9 Å². The first-order chi connectivity index (χ1) is 16.6. The Morgan fingerprint density at radius 2 is 1.97 bits per heavy atom. The smallest absolute Gasteiger partial charge is 0.314 e. The van der Waals surface area contributed by atoms with Crippen LogP contribution in [0.25, 0.3) is 17.2 Å². The van der Waals surface area contributed by atoms with Crippen molar-refractivity contribution >= 4 is 21.4 Å². The van der Waals surface area contributed by atoms with E-state index in [0.717, 1.165) is 0 Å². The molecule has 2 fully saturated rings. The zero-order valence-electron chi connectivity index (χ0n) is 18.9. The number of hydrogen-bond acceptors (Lipinski definition) is 9. The minimum atomic E-state index is -4.20. The predicted molar refractivity (Wildman–Crippen MR) is 118 cm³/mol. The second kappa shape index (κ2) is 8.72. The summed E-state index contributed by atoms with van der Waals surface area (Å²) in [7, 11) is -4.20. The Labute approximate surface area is 198 Å². The molecule has 35 heavy (non-hydrogen) atoms. The number of piperazine rings is 1. The molecule has 11 nitrogen and oxygen atoms in total. The van der Waals surface area contributed by atoms with Crippen molar-refractivity contribution in [1.29, 1.82) is 0 Å². The van der Waals surface area contributed by atoms with E-state index in [0.29, 0.717) is 24.4 Å². The van der Waals surface area contributed by atoms with Crippen molar-refractivity contribution in [3.8, 4) is 11.6 Å². The molecule has 0 radical (unpaired) electrons. The van der Waals surface area contributed by atoms with E-state index in [4.69, 9.17) is 9.15 Å². The van der Waals surface area contributed by atoms with Crippen molar-refractivity contribution in [2.75, 3.05) is 37.9 Å². The molecule has 0 aliphatic carbocycles. The first kappa shape index (κ1) is 24.0. The molecule has 0 amide bonds. The van der Waals surface area contributed by atoms with Crippen LogP contribution in [0.15, 0.2) is 27.8 Å². The third-order valence-corrected chi connectivity index (χ3v) is 7.53. The van der Waals surface area contributed by atoms with Gasteiger partial charge in [-0.1, -0.05) is 0 Å². The number of nitrogens with zero attached hydrogens (tertiary/aromatic N) is 5. The number of nitrogens with one attached hydrogen (secondary N) is 2. The highest BCUT2D eigenvalue weighted by Crippen LogP contribution is 2.32. The maximum absolute atomic E-state index is 13.6. The number of aromatic nitrogens is 4. The van der Waals surface area contributed by atoms with Crippen LogP contribution in [0.3, 0.4) is 0 Å². The van der Waals surface area contributed by atoms with E-state index in [-0.39, 0.29) is 41.8 Å². The predicted octanol–water partition coefficient (Wildman–Crippen LogP) is 1.53. The molecule has 3 aromatic rings. The number of pyridine rings is 1. The molecule has 0 unspecified atom stereocenters. The van der Waals surface area contributed by atoms with Crippen LogP contribution in [-0.4, -0.2) is 78.6 Å². The number of ether oxygens (including phenoxy) is 1. The van der Waals surface area contributed by atoms with Crippen LogP contribution in [0.4, 0.5) is 18.9 Å². The molecule has 2 N–H and O–H groups in total. The molecule has 0 saturated carbocycles. The summed E-state index contributed by atoms with van der Waals surface area (Å²) in [5, 5.41) is 10.4. The summed E-state index contributed by atoms with van der Waals surface area (Å²) in [5.41, 5.74) is -0.306. The molecule has 2 atom stereocenters. The van der Waals surface area contributed by atoms with E-state index < -0.39 is 34.6 Å². The molecular formula is C20H24F3N7O4S. The number of halogens is 3. The zero-order valence-corrected chi connectivity index (χ0v) is 19.7. The Kier molecular flexibility index (Phi) is 5.97. The van der Waals surface area contributed by atoms with Gasteiger partial charge in [0, 0.05) is 31.4 Å². The second-order valence-electron chi connectivity index (χ2n) is 9.03. The Morgan fingerprint density at radius 3 is 2.54 bits per heavy atom. The molecular weight excluding hydrogens is 491 g/mol. The summed E-state index contributed by atoms with van der Waals surface area (Å²) in [5.74, 6) is -1.10. The van der Waals surface area contributed by atoms with Crippen molar-refractivity contribution < 1.29 is 30.7 Å². The SMILES string of the molecule is C[C@H]1CN(c2cc(S(=O)(=O)NC3(CF)COC3)cn3c(-c4nnc(C(F)F)o4)cnc23)C[C@H](C)N1. The normalized spacial score (nSPS) is 22.6. The number of alkyl halides is 3. The fraction of sp³-hybridized carbons (Fsp3) is 0.550. The lowest BCUT2D eigenvalue weighted by Crippen LogP contribution is -2.63. The molecule has 3 aromatic heterocycles. The third kappa shape index (κ3) is 4.37. The standard InChI is InChI=1S/C20H24F3N7O4S/c1-11-5-29(6-12(2)25-11)14-3-13(35(31,32)28-20(8-21)9-33-10-20)7-30-15(4-24-17(14)30)18-26-27-19(34-18)16(22)23/h3-4,7,11-12,16,25,28H,5-6,8-10H2,1-2H3/t11-,12-/m0/s1. The van der Waals surface area contributed by atoms with Gasteiger partial charge in [-0.3, -0.25) is 4.40 Å². The van der Waals surface area contributed by atoms with Gasteiger partial charge in [-0.25, -0.2) is 17.8 Å². The summed E-state index contributed by atoms with van der Waals surface area (Å²) < 4.78 is 80.2. The fourth-order valence-electron chi connectivity index (χ4n) is 4.39. The maximum Gasteiger partial charge on any atom is 0.314 e. The molecule has 15 heteroatoms. The van der Waals surface area contributed by atoms with Gasteiger partial charge >= 0.3 is 6.43 Å². The molecule has 2 aliphatic rings. The number of rotatable bonds is 7. The highest BCUT2D eigenvalue weighted by Gasteiger charge is 2.43. The van der Waals surface area contributed by atoms with Gasteiger partial charge in [0.2, 0.25) is 10.0 Å². The minimum Gasteiger partial charge on any atom is -0.414 e. The summed E-state index contributed by atoms with van der Waals surface area (Å²) in [6.45, 7) is 4.05. The molecule has 2 aliphatic heterocycles. The van der Waals surface area contributed by atoms with Gasteiger partial charge in [0.1, 0.15) is 22.8 Å². The molecule has 5 rings (SSSR count). The first-order valence-electron chi connectivity index (χ1n) is 10.9. The van der Waals surface area contributed by atoms with Crippen LogP contribution in [-0.2, 0) is 14.8 Å². The molecule has 0 aromatic carbocycles. The molecule has 5 heterocycles. The topological polar surface area (TPSA) is 127 Å². The average molecular weight is 516 g/mol. The quantitative estimate of drug-likeness (QED) is 0.482. The van der Waals surface area contributed by atoms with Crippen molar-refractivity contribution in [3.63, 3.8) is 0 Å². The van der Waals surface area contributed by atoms with Crippen LogP contribution in [0.2, 0.25) is 0 Å². The van der Waals surface area contributed by atoms with Gasteiger partial charge in [-0.15, -0.1) is 10.2 Å². The van der Waals surface area contributed by atoms with Gasteiger partial charge in [0.25, 0.3) is 11.8 Å². The Bertz CT molecular complexity index is 1330. The van der Waals surface area contributed by atoms with Crippen molar-refractivity contribution in [2.45, 2.75) is 42.8 Å². The Morgan fingerprint density at radius 1 is 1.26 bits per heavy atom. The minimum absolute atomic E-state index is 0.0840. The molecule has 2 saturated heterocycles. The van der Waals surface area contributed by atoms with Crippen molar-refractivity contribution in [1.82, 2.24) is 29.6 Å². The third-order valence-electron chi connectivity index (χ3n) is 5.98. The molecule has 190 valence electrons. The van der Waals surface area contributed by atoms with Crippen LogP contribution in [0, 0.1) is 0 Å². The number of fused-ring (bicyclic) bond motifs is 1. The molecule has 0 bridgehead atoms. The lowest BCUT2D eigenvalue weighted by atomic mass is 10.0. The number of imidazole rings is 1. The lowest BCUT2D eigenvalue weighted by molar-refractivity contribution is -0.0725. The van der Waals surface area contributed by atoms with Gasteiger partial charge in [0.05, 0.1) is 25.1 Å². The number of anilines is 1. The number of sulfonamides is 1. The van der Waals surface area contributed by atoms with Crippen molar-refractivity contribution in [3.05, 3.63) is 24.4 Å². The van der Waals surface area contributed by atoms with Crippen molar-refractivity contribution in [2.24, 2.45) is 0 Å². The van der Waals surface area contributed by atoms with Crippen LogP contribution in [0.5, 0.6) is 0 Å². The summed E-state index contributed by atoms with van der Waals surface area (Å²) in [6.07, 6.45) is -0.337.